The SMILES string of the molecule is COc1c[nH]c(CO)cc1=O.COc1cnc(C(=O)Cc2c(Cl)c[n+]([O-])cc2Cl)cc1OCC1CC1.COc1cnc(C(=O)O)cc1OCC1CC1.COc1cnc(CO)cc1OCC1CC1.N=c1c(Cl)cn(O)cc1Cl. The number of hydrogen-bond acceptors (Lipinski definition) is 18. The van der Waals surface area contributed by atoms with Gasteiger partial charge in [-0.15, -0.1) is 0 Å². The lowest BCUT2D eigenvalue weighted by Gasteiger charge is -2.11. The molecule has 3 aliphatic carbocycles. The number of aliphatic hydroxyl groups is 2. The molecule has 6 heterocycles. The van der Waals surface area contributed by atoms with Crippen molar-refractivity contribution in [1.82, 2.24) is 24.7 Å². The molecule has 0 unspecified atom stereocenters. The quantitative estimate of drug-likeness (QED) is 0.0197. The van der Waals surface area contributed by atoms with Crippen LogP contribution in [-0.2, 0) is 19.6 Å². The number of carbonyl (C=O) groups is 2. The van der Waals surface area contributed by atoms with Gasteiger partial charge in [0.05, 0.1) is 114 Å². The smallest absolute Gasteiger partial charge is 0.354 e. The first-order chi connectivity index (χ1) is 36.9. The zero-order valence-corrected chi connectivity index (χ0v) is 45.2. The topological polar surface area (TPSA) is 307 Å². The lowest BCUT2D eigenvalue weighted by atomic mass is 10.1. The molecule has 26 heteroatoms. The van der Waals surface area contributed by atoms with Gasteiger partial charge in [-0.1, -0.05) is 46.4 Å². The molecule has 77 heavy (non-hydrogen) atoms. The molecule has 22 nitrogen and oxygen atoms in total. The lowest BCUT2D eigenvalue weighted by Crippen LogP contribution is -2.25. The molecule has 414 valence electrons. The Hall–Kier alpha value is -7.08. The Kier molecular flexibility index (Phi) is 23.7. The Bertz CT molecular complexity index is 3010. The van der Waals surface area contributed by atoms with Gasteiger partial charge in [0.2, 0.25) is 5.43 Å². The van der Waals surface area contributed by atoms with E-state index in [1.807, 2.05) is 0 Å². The standard InChI is InChI=1S/C17H16Cl2N2O4.C11H13NO4.C11H15NO3.C7H9NO3.C5H4Cl2N2O/c1-24-17-6-20-14(5-16(17)25-9-10-2-3-10)15(22)4-11-12(18)7-21(23)8-13(11)19;1-15-10-5-12-8(11(13)14)4-9(10)16-6-7-2-3-7;1-14-11-5-12-9(6-13)4-10(11)15-7-8-2-3-8;1-11-7-3-8-5(4-9)2-6(7)10;6-3-1-9(10)2-4(7)5(3)8/h5-8,10H,2-4,9H2,1H3;4-5,7H,2-3,6H2,1H3,(H,13,14);4-5,8,13H,2-3,6-7H2,1H3;2-3,9H,4H2,1H3,(H,8,10);1-2,8,10H. The zero-order chi connectivity index (χ0) is 56.2. The van der Waals surface area contributed by atoms with E-state index in [9.17, 15) is 19.6 Å². The van der Waals surface area contributed by atoms with Crippen molar-refractivity contribution in [2.24, 2.45) is 17.8 Å². The molecule has 0 aromatic carbocycles. The fourth-order valence-electron chi connectivity index (χ4n) is 6.16. The second-order valence-electron chi connectivity index (χ2n) is 17.1. The molecule has 3 aliphatic rings. The molecule has 0 spiro atoms. The van der Waals surface area contributed by atoms with Gasteiger partial charge in [-0.25, -0.2) is 14.8 Å². The molecule has 0 saturated heterocycles. The summed E-state index contributed by atoms with van der Waals surface area (Å²) < 4.78 is 38.2. The number of Topliss-reactive ketones (excluding diaryl/α,β-unsaturated/α-hetero) is 1. The maximum atomic E-state index is 12.5. The highest BCUT2D eigenvalue weighted by Crippen LogP contribution is 2.35. The van der Waals surface area contributed by atoms with Crippen LogP contribution in [0, 0.1) is 28.4 Å². The van der Waals surface area contributed by atoms with E-state index >= 15 is 0 Å². The van der Waals surface area contributed by atoms with Crippen molar-refractivity contribution in [2.45, 2.75) is 58.2 Å². The summed E-state index contributed by atoms with van der Waals surface area (Å²) in [5.41, 5.74) is 1.43. The molecule has 0 bridgehead atoms. The van der Waals surface area contributed by atoms with Crippen molar-refractivity contribution in [2.75, 3.05) is 48.3 Å². The van der Waals surface area contributed by atoms with E-state index in [-0.39, 0.29) is 73.4 Å². The minimum Gasteiger partial charge on any atom is -0.619 e. The summed E-state index contributed by atoms with van der Waals surface area (Å²) in [6.45, 7) is 1.68. The third-order valence-electron chi connectivity index (χ3n) is 11.1. The van der Waals surface area contributed by atoms with E-state index < -0.39 is 5.97 Å². The normalized spacial score (nSPS) is 13.0. The van der Waals surface area contributed by atoms with Crippen molar-refractivity contribution in [3.63, 3.8) is 0 Å². The van der Waals surface area contributed by atoms with Gasteiger partial charge in [-0.2, -0.15) is 9.46 Å². The molecule has 6 aromatic rings. The number of carboxylic acids is 1. The summed E-state index contributed by atoms with van der Waals surface area (Å²) in [4.78, 5) is 48.8. The van der Waals surface area contributed by atoms with Crippen LogP contribution in [0.2, 0.25) is 20.1 Å². The molecule has 3 fully saturated rings. The number of aliphatic hydroxyl groups excluding tert-OH is 2. The summed E-state index contributed by atoms with van der Waals surface area (Å²) in [7, 11) is 6.02. The Balaban J connectivity index is 0.000000185. The first-order valence-corrected chi connectivity index (χ1v) is 25.0. The second kappa shape index (κ2) is 30.0. The van der Waals surface area contributed by atoms with Gasteiger partial charge in [0.15, 0.2) is 64.1 Å². The minimum absolute atomic E-state index is 0.0219. The second-order valence-corrected chi connectivity index (χ2v) is 18.8. The Morgan fingerprint density at radius 1 is 0.675 bits per heavy atom. The highest BCUT2D eigenvalue weighted by molar-refractivity contribution is 6.36. The molecule has 0 aliphatic heterocycles. The van der Waals surface area contributed by atoms with Crippen LogP contribution in [0.1, 0.15) is 76.5 Å². The molecular weight excluding hydrogens is 1090 g/mol. The van der Waals surface area contributed by atoms with Crippen LogP contribution in [-0.4, -0.2) is 105 Å². The summed E-state index contributed by atoms with van der Waals surface area (Å²) in [6, 6.07) is 5.98. The maximum absolute atomic E-state index is 12.5. The number of H-pyrrole nitrogens is 1. The third kappa shape index (κ3) is 19.8. The van der Waals surface area contributed by atoms with Crippen molar-refractivity contribution >= 4 is 58.2 Å². The highest BCUT2D eigenvalue weighted by Gasteiger charge is 2.25. The number of hydrogen-bond donors (Lipinski definition) is 6. The minimum atomic E-state index is -1.07. The first-order valence-electron chi connectivity index (χ1n) is 23.5. The van der Waals surface area contributed by atoms with Crippen molar-refractivity contribution in [3.8, 4) is 40.2 Å². The summed E-state index contributed by atoms with van der Waals surface area (Å²) in [5, 5.41) is 54.1. The van der Waals surface area contributed by atoms with Crippen LogP contribution in [0.5, 0.6) is 40.2 Å². The summed E-state index contributed by atoms with van der Waals surface area (Å²) in [6.07, 6.45) is 17.6. The van der Waals surface area contributed by atoms with Crippen LogP contribution in [0.15, 0.2) is 78.6 Å². The zero-order valence-electron chi connectivity index (χ0n) is 42.2. The van der Waals surface area contributed by atoms with Crippen molar-refractivity contribution in [1.29, 1.82) is 5.41 Å². The molecule has 0 amide bonds. The number of pyridine rings is 6. The van der Waals surface area contributed by atoms with E-state index in [4.69, 9.17) is 105 Å². The Labute approximate surface area is 461 Å². The number of halogens is 4. The van der Waals surface area contributed by atoms with Crippen LogP contribution < -0.4 is 48.7 Å². The van der Waals surface area contributed by atoms with E-state index in [2.05, 4.69) is 19.9 Å². The third-order valence-corrected chi connectivity index (χ3v) is 12.3. The summed E-state index contributed by atoms with van der Waals surface area (Å²) in [5.74, 6) is 3.91. The fourth-order valence-corrected chi connectivity index (χ4v) is 7.19. The number of nitrogens with one attached hydrogen (secondary N) is 2. The lowest BCUT2D eigenvalue weighted by molar-refractivity contribution is -0.605. The largest absolute Gasteiger partial charge is 0.619 e. The molecule has 0 atom stereocenters. The van der Waals surface area contributed by atoms with Crippen LogP contribution in [0.25, 0.3) is 0 Å². The number of carboxylic acid groups (broad SMARTS) is 1. The monoisotopic (exact) mass is 1150 g/mol. The molecule has 0 radical (unpaired) electrons. The number of nitrogens with zero attached hydrogens (tertiary/aromatic N) is 5. The van der Waals surface area contributed by atoms with Crippen LogP contribution in [0.3, 0.4) is 0 Å². The average molecular weight is 1150 g/mol. The molecule has 6 N–H and O–H groups in total. The number of ether oxygens (including phenoxy) is 7. The fraction of sp³-hybridized carbons (Fsp3) is 0.373. The number of rotatable bonds is 19. The van der Waals surface area contributed by atoms with E-state index in [1.165, 1.54) is 90.1 Å². The number of methoxy groups -OCH3 is 4. The van der Waals surface area contributed by atoms with Gasteiger partial charge in [-0.3, -0.25) is 20.0 Å². The van der Waals surface area contributed by atoms with Gasteiger partial charge >= 0.3 is 5.97 Å². The van der Waals surface area contributed by atoms with Gasteiger partial charge in [0.1, 0.15) is 15.7 Å². The number of ketones is 1. The van der Waals surface area contributed by atoms with Crippen molar-refractivity contribution < 1.29 is 68.0 Å². The number of aromatic carboxylic acids is 1. The van der Waals surface area contributed by atoms with E-state index in [1.54, 1.807) is 25.4 Å². The predicted octanol–water partition coefficient (Wildman–Crippen LogP) is 7.58. The molecule has 3 saturated carbocycles. The van der Waals surface area contributed by atoms with Gasteiger partial charge in [-0.05, 0) is 56.3 Å². The average Bonchev–Trinajstić information content (AvgIpc) is 4.26. The first kappa shape index (κ1) is 60.8. The summed E-state index contributed by atoms with van der Waals surface area (Å²) >= 11 is 23.0. The highest BCUT2D eigenvalue weighted by atomic mass is 35.5. The Morgan fingerprint density at radius 2 is 1.12 bits per heavy atom. The molecule has 9 rings (SSSR count). The number of carbonyl (C=O) groups excluding carboxylic acids is 1. The van der Waals surface area contributed by atoms with Crippen LogP contribution in [0.4, 0.5) is 0 Å². The van der Waals surface area contributed by atoms with Gasteiger partial charge < -0.3 is 63.9 Å². The van der Waals surface area contributed by atoms with E-state index in [0.717, 1.165) is 31.8 Å². The maximum Gasteiger partial charge on any atom is 0.354 e. The van der Waals surface area contributed by atoms with Crippen molar-refractivity contribution in [3.05, 3.63) is 143 Å². The number of aromatic nitrogens is 6. The van der Waals surface area contributed by atoms with Gasteiger partial charge in [0, 0.05) is 48.1 Å². The number of aromatic amines is 1. The Morgan fingerprint density at radius 3 is 1.53 bits per heavy atom. The van der Waals surface area contributed by atoms with E-state index in [0.29, 0.717) is 91.9 Å². The van der Waals surface area contributed by atoms with Gasteiger partial charge in [0.25, 0.3) is 0 Å². The predicted molar refractivity (Wildman–Crippen MR) is 280 cm³/mol. The molecule has 6 aromatic heterocycles. The molecular formula is C51H57Cl4N7O15. The van der Waals surface area contributed by atoms with Crippen LogP contribution >= 0.6 is 46.4 Å².